The Hall–Kier alpha value is -2.37. The summed E-state index contributed by atoms with van der Waals surface area (Å²) in [6, 6.07) is 1.51. The van der Waals surface area contributed by atoms with Crippen LogP contribution in [0.15, 0.2) is 23.4 Å². The van der Waals surface area contributed by atoms with Crippen LogP contribution < -0.4 is 14.9 Å². The molecule has 2 fully saturated rings. The molecule has 0 bridgehead atoms. The Morgan fingerprint density at radius 2 is 2.19 bits per heavy atom. The lowest BCUT2D eigenvalue weighted by atomic mass is 10.0. The minimum Gasteiger partial charge on any atom is -0.383 e. The molecule has 0 aliphatic carbocycles. The van der Waals surface area contributed by atoms with Gasteiger partial charge in [-0.3, -0.25) is 4.40 Å². The maximum atomic E-state index is 13.7. The third-order valence-electron chi connectivity index (χ3n) is 6.05. The molecule has 3 aromatic heterocycles. The van der Waals surface area contributed by atoms with E-state index in [1.165, 1.54) is 22.9 Å². The van der Waals surface area contributed by atoms with E-state index in [2.05, 4.69) is 25.2 Å². The number of aromatic nitrogens is 4. The monoisotopic (exact) mass is 547 g/mol. The van der Waals surface area contributed by atoms with Crippen LogP contribution in [0.4, 0.5) is 18.9 Å². The van der Waals surface area contributed by atoms with E-state index >= 15 is 0 Å². The number of imidazole rings is 1. The number of anilines is 1. The van der Waals surface area contributed by atoms with Gasteiger partial charge >= 0.3 is 0 Å². The number of pyridine rings is 1. The van der Waals surface area contributed by atoms with E-state index in [0.29, 0.717) is 48.8 Å². The van der Waals surface area contributed by atoms with Crippen LogP contribution in [0.1, 0.15) is 11.4 Å². The van der Waals surface area contributed by atoms with Crippen LogP contribution in [0, 0.1) is 0 Å². The van der Waals surface area contributed by atoms with Crippen molar-refractivity contribution in [1.29, 1.82) is 0 Å². The summed E-state index contributed by atoms with van der Waals surface area (Å²) in [5, 5.41) is 10.3. The zero-order chi connectivity index (χ0) is 25.5. The van der Waals surface area contributed by atoms with Crippen molar-refractivity contribution in [3.63, 3.8) is 0 Å². The molecule has 0 spiro atoms. The second-order valence-corrected chi connectivity index (χ2v) is 11.4. The maximum absolute atomic E-state index is 13.7. The predicted octanol–water partition coefficient (Wildman–Crippen LogP) is 1.23. The molecule has 0 amide bonds. The number of alkyl halides is 3. The quantitative estimate of drug-likeness (QED) is 0.407. The zero-order valence-corrected chi connectivity index (χ0v) is 20.8. The first-order chi connectivity index (χ1) is 17.2. The highest BCUT2D eigenvalue weighted by atomic mass is 32.2. The number of halogens is 3. The lowest BCUT2D eigenvalue weighted by Crippen LogP contribution is -2.63. The fourth-order valence-electron chi connectivity index (χ4n) is 4.24. The molecule has 5 rings (SSSR count). The number of piperazine rings is 1. The first-order valence-electron chi connectivity index (χ1n) is 11.0. The zero-order valence-electron chi connectivity index (χ0n) is 19.2. The Balaban J connectivity index is 1.62. The third kappa shape index (κ3) is 4.68. The highest BCUT2D eigenvalue weighted by molar-refractivity contribution is 7.89. The molecule has 196 valence electrons. The summed E-state index contributed by atoms with van der Waals surface area (Å²) in [5.74, 6) is 0.170. The van der Waals surface area contributed by atoms with Crippen LogP contribution in [-0.4, -0.2) is 92.8 Å². The summed E-state index contributed by atoms with van der Waals surface area (Å²) in [5.41, 5.74) is -0.199. The number of hydrogen-bond acceptors (Lipinski definition) is 10. The van der Waals surface area contributed by atoms with Gasteiger partial charge in [-0.25, -0.2) is 26.6 Å². The number of sulfonamides is 1. The Morgan fingerprint density at radius 3 is 2.83 bits per heavy atom. The first kappa shape index (κ1) is 25.3. The van der Waals surface area contributed by atoms with Crippen LogP contribution in [-0.2, 0) is 19.5 Å². The Labute approximate surface area is 208 Å². The lowest BCUT2D eigenvalue weighted by Gasteiger charge is -2.39. The molecule has 16 heteroatoms. The largest absolute Gasteiger partial charge is 0.383 e. The van der Waals surface area contributed by atoms with Crippen molar-refractivity contribution >= 4 is 32.6 Å². The van der Waals surface area contributed by atoms with Crippen LogP contribution in [0.25, 0.3) is 16.3 Å². The Kier molecular flexibility index (Phi) is 6.90. The third-order valence-corrected chi connectivity index (χ3v) is 8.52. The number of nitrogens with zero attached hydrogens (tertiary/aromatic N) is 5. The van der Waals surface area contributed by atoms with Crippen molar-refractivity contribution in [1.82, 2.24) is 29.6 Å². The predicted molar refractivity (Wildman–Crippen MR) is 125 cm³/mol. The van der Waals surface area contributed by atoms with E-state index in [1.807, 2.05) is 4.90 Å². The van der Waals surface area contributed by atoms with E-state index in [4.69, 9.17) is 9.47 Å². The van der Waals surface area contributed by atoms with Gasteiger partial charge in [0.1, 0.15) is 17.1 Å². The standard InChI is InChI=1S/C20H24F3N7O4S2/c1-33-8-12-6-29(3-2-24-12)14-4-13(36(31,32)28-20(9-21)10-34-11-20)7-30-15(14)5-25-17(30)19-27-26-18(35-19)16(22)23/h4-5,7,12,16,24,28H,2-3,6,8-11H2,1H3. The summed E-state index contributed by atoms with van der Waals surface area (Å²) in [6.07, 6.45) is 0.0693. The van der Waals surface area contributed by atoms with Gasteiger partial charge < -0.3 is 19.7 Å². The van der Waals surface area contributed by atoms with Gasteiger partial charge in [0, 0.05) is 39.0 Å². The summed E-state index contributed by atoms with van der Waals surface area (Å²) in [7, 11) is -2.59. The van der Waals surface area contributed by atoms with E-state index in [-0.39, 0.29) is 35.0 Å². The SMILES string of the molecule is COCC1CN(c2cc(S(=O)(=O)NC3(CF)COC3)cn3c(-c4nnc(C(F)F)s4)ncc23)CCN1. The van der Waals surface area contributed by atoms with Gasteiger partial charge in [0.05, 0.1) is 37.2 Å². The van der Waals surface area contributed by atoms with Crippen molar-refractivity contribution in [2.24, 2.45) is 0 Å². The van der Waals surface area contributed by atoms with Gasteiger partial charge in [-0.2, -0.15) is 4.72 Å². The summed E-state index contributed by atoms with van der Waals surface area (Å²) in [6.45, 7) is 1.11. The first-order valence-corrected chi connectivity index (χ1v) is 13.3. The van der Waals surface area contributed by atoms with Gasteiger partial charge in [-0.1, -0.05) is 11.3 Å². The molecular weight excluding hydrogens is 523 g/mol. The molecule has 0 saturated carbocycles. The molecule has 3 aromatic rings. The molecule has 5 heterocycles. The number of ether oxygens (including phenoxy) is 2. The highest BCUT2D eigenvalue weighted by Crippen LogP contribution is 2.34. The van der Waals surface area contributed by atoms with Gasteiger partial charge in [-0.15, -0.1) is 10.2 Å². The fraction of sp³-hybridized carbons (Fsp3) is 0.550. The summed E-state index contributed by atoms with van der Waals surface area (Å²) >= 11 is 0.675. The highest BCUT2D eigenvalue weighted by Gasteiger charge is 2.43. The average Bonchev–Trinajstić information content (AvgIpc) is 3.48. The van der Waals surface area contributed by atoms with Crippen molar-refractivity contribution in [3.8, 4) is 10.8 Å². The van der Waals surface area contributed by atoms with Crippen molar-refractivity contribution in [3.05, 3.63) is 23.5 Å². The van der Waals surface area contributed by atoms with E-state index < -0.39 is 33.7 Å². The molecular formula is C20H24F3N7O4S2. The fourth-order valence-corrected chi connectivity index (χ4v) is 6.30. The number of methoxy groups -OCH3 is 1. The van der Waals surface area contributed by atoms with Crippen LogP contribution in [0.3, 0.4) is 0 Å². The maximum Gasteiger partial charge on any atom is 0.291 e. The van der Waals surface area contributed by atoms with Gasteiger partial charge in [0.2, 0.25) is 10.0 Å². The van der Waals surface area contributed by atoms with Crippen molar-refractivity contribution in [2.75, 3.05) is 58.1 Å². The average molecular weight is 548 g/mol. The lowest BCUT2D eigenvalue weighted by molar-refractivity contribution is -0.0725. The number of hydrogen-bond donors (Lipinski definition) is 2. The number of rotatable bonds is 9. The molecule has 2 aliphatic rings. The van der Waals surface area contributed by atoms with Crippen LogP contribution in [0.2, 0.25) is 0 Å². The van der Waals surface area contributed by atoms with Crippen LogP contribution >= 0.6 is 11.3 Å². The molecule has 2 N–H and O–H groups in total. The smallest absolute Gasteiger partial charge is 0.291 e. The number of nitrogens with one attached hydrogen (secondary N) is 2. The van der Waals surface area contributed by atoms with Crippen molar-refractivity contribution < 1.29 is 31.1 Å². The normalized spacial score (nSPS) is 20.2. The molecule has 0 aromatic carbocycles. The molecule has 2 saturated heterocycles. The van der Waals surface area contributed by atoms with E-state index in [0.717, 1.165) is 0 Å². The van der Waals surface area contributed by atoms with Gasteiger partial charge in [0.25, 0.3) is 6.43 Å². The Morgan fingerprint density at radius 1 is 1.39 bits per heavy atom. The van der Waals surface area contributed by atoms with Gasteiger partial charge in [-0.05, 0) is 6.07 Å². The minimum atomic E-state index is -4.19. The molecule has 36 heavy (non-hydrogen) atoms. The van der Waals surface area contributed by atoms with Gasteiger partial charge in [0.15, 0.2) is 15.8 Å². The molecule has 2 aliphatic heterocycles. The summed E-state index contributed by atoms with van der Waals surface area (Å²) < 4.78 is 80.9. The molecule has 1 atom stereocenters. The van der Waals surface area contributed by atoms with Crippen LogP contribution in [0.5, 0.6) is 0 Å². The molecule has 0 radical (unpaired) electrons. The number of fused-ring (bicyclic) bond motifs is 1. The Bertz CT molecular complexity index is 1340. The second-order valence-electron chi connectivity index (χ2n) is 8.71. The van der Waals surface area contributed by atoms with E-state index in [1.54, 1.807) is 7.11 Å². The molecule has 11 nitrogen and oxygen atoms in total. The summed E-state index contributed by atoms with van der Waals surface area (Å²) in [4.78, 5) is 6.22. The topological polar surface area (TPSA) is 123 Å². The minimum absolute atomic E-state index is 0.00303. The molecule has 1 unspecified atom stereocenters. The van der Waals surface area contributed by atoms with Crippen molar-refractivity contribution in [2.45, 2.75) is 22.9 Å². The van der Waals surface area contributed by atoms with E-state index in [9.17, 15) is 21.6 Å². The second kappa shape index (κ2) is 9.83.